The quantitative estimate of drug-likeness (QED) is 0.683. The average Bonchev–Trinajstić information content (AvgIpc) is 2.74. The van der Waals surface area contributed by atoms with Crippen LogP contribution in [-0.4, -0.2) is 16.9 Å². The molecular weight excluding hydrogens is 268 g/mol. The number of nitrogens with zero attached hydrogens (tertiary/aromatic N) is 1. The molecule has 0 saturated heterocycles. The molecule has 0 radical (unpaired) electrons. The standard InChI is InChI=1S/C13H15ClN2O3/c1-8-2-4-10(6-8)15-13(17)9-3-5-12(16(18)19)11(14)7-9/h3,5,7-8,10H,2,4,6H2,1H3,(H,15,17). The van der Waals surface area contributed by atoms with Crippen molar-refractivity contribution >= 4 is 23.2 Å². The van der Waals surface area contributed by atoms with Gasteiger partial charge in [0.25, 0.3) is 11.6 Å². The molecule has 1 saturated carbocycles. The summed E-state index contributed by atoms with van der Waals surface area (Å²) in [6.07, 6.45) is 3.08. The zero-order valence-electron chi connectivity index (χ0n) is 10.6. The average molecular weight is 283 g/mol. The first kappa shape index (κ1) is 13.8. The molecule has 1 aliphatic carbocycles. The molecular formula is C13H15ClN2O3. The number of carbonyl (C=O) groups excluding carboxylic acids is 1. The van der Waals surface area contributed by atoms with Crippen molar-refractivity contribution in [3.8, 4) is 0 Å². The van der Waals surface area contributed by atoms with E-state index in [0.717, 1.165) is 19.3 Å². The lowest BCUT2D eigenvalue weighted by Gasteiger charge is -2.12. The summed E-state index contributed by atoms with van der Waals surface area (Å²) in [5.41, 5.74) is 0.169. The highest BCUT2D eigenvalue weighted by Gasteiger charge is 2.23. The van der Waals surface area contributed by atoms with Gasteiger partial charge in [0.05, 0.1) is 4.92 Å². The number of hydrogen-bond donors (Lipinski definition) is 1. The molecule has 1 aromatic rings. The Hall–Kier alpha value is -1.62. The molecule has 19 heavy (non-hydrogen) atoms. The molecule has 1 fully saturated rings. The van der Waals surface area contributed by atoms with Gasteiger partial charge in [-0.1, -0.05) is 18.5 Å². The zero-order chi connectivity index (χ0) is 14.0. The maximum atomic E-state index is 12.0. The molecule has 0 bridgehead atoms. The van der Waals surface area contributed by atoms with Gasteiger partial charge >= 0.3 is 0 Å². The van der Waals surface area contributed by atoms with Crippen LogP contribution in [0.25, 0.3) is 0 Å². The topological polar surface area (TPSA) is 72.2 Å². The summed E-state index contributed by atoms with van der Waals surface area (Å²) < 4.78 is 0. The van der Waals surface area contributed by atoms with Gasteiger partial charge in [-0.25, -0.2) is 0 Å². The lowest BCUT2D eigenvalue weighted by Crippen LogP contribution is -2.32. The van der Waals surface area contributed by atoms with E-state index in [1.807, 2.05) is 0 Å². The summed E-state index contributed by atoms with van der Waals surface area (Å²) in [5.74, 6) is 0.404. The first-order valence-electron chi connectivity index (χ1n) is 6.22. The van der Waals surface area contributed by atoms with Crippen molar-refractivity contribution < 1.29 is 9.72 Å². The highest BCUT2D eigenvalue weighted by Crippen LogP contribution is 2.27. The van der Waals surface area contributed by atoms with E-state index in [2.05, 4.69) is 12.2 Å². The Balaban J connectivity index is 2.07. The van der Waals surface area contributed by atoms with Crippen molar-refractivity contribution in [3.05, 3.63) is 38.9 Å². The van der Waals surface area contributed by atoms with Crippen molar-refractivity contribution in [2.45, 2.75) is 32.2 Å². The van der Waals surface area contributed by atoms with Gasteiger partial charge in [-0.05, 0) is 37.3 Å². The summed E-state index contributed by atoms with van der Waals surface area (Å²) in [7, 11) is 0. The molecule has 5 nitrogen and oxygen atoms in total. The van der Waals surface area contributed by atoms with E-state index >= 15 is 0 Å². The molecule has 0 heterocycles. The summed E-state index contributed by atoms with van der Waals surface area (Å²) >= 11 is 5.79. The smallest absolute Gasteiger partial charge is 0.287 e. The third kappa shape index (κ3) is 3.23. The van der Waals surface area contributed by atoms with Crippen molar-refractivity contribution in [2.24, 2.45) is 5.92 Å². The zero-order valence-corrected chi connectivity index (χ0v) is 11.3. The Kier molecular flexibility index (Phi) is 4.04. The van der Waals surface area contributed by atoms with E-state index in [1.54, 1.807) is 0 Å². The van der Waals surface area contributed by atoms with Crippen LogP contribution >= 0.6 is 11.6 Å². The molecule has 0 spiro atoms. The number of nitro benzene ring substituents is 1. The van der Waals surface area contributed by atoms with E-state index < -0.39 is 4.92 Å². The first-order chi connectivity index (χ1) is 8.97. The maximum Gasteiger partial charge on any atom is 0.287 e. The molecule has 0 aromatic heterocycles. The van der Waals surface area contributed by atoms with Gasteiger partial charge in [-0.3, -0.25) is 14.9 Å². The Bertz CT molecular complexity index is 519. The second-order valence-electron chi connectivity index (χ2n) is 5.01. The van der Waals surface area contributed by atoms with E-state index in [4.69, 9.17) is 11.6 Å². The largest absolute Gasteiger partial charge is 0.349 e. The molecule has 1 amide bonds. The van der Waals surface area contributed by atoms with Crippen LogP contribution in [0.15, 0.2) is 18.2 Å². The van der Waals surface area contributed by atoms with Crippen LogP contribution in [0.5, 0.6) is 0 Å². The van der Waals surface area contributed by atoms with Gasteiger partial charge < -0.3 is 5.32 Å². The maximum absolute atomic E-state index is 12.0. The van der Waals surface area contributed by atoms with Crippen molar-refractivity contribution in [1.29, 1.82) is 0 Å². The molecule has 6 heteroatoms. The lowest BCUT2D eigenvalue weighted by molar-refractivity contribution is -0.384. The molecule has 1 aromatic carbocycles. The number of carbonyl (C=O) groups is 1. The van der Waals surface area contributed by atoms with Crippen LogP contribution in [-0.2, 0) is 0 Å². The molecule has 0 aliphatic heterocycles. The molecule has 1 N–H and O–H groups in total. The van der Waals surface area contributed by atoms with Gasteiger partial charge in [0.2, 0.25) is 0 Å². The second kappa shape index (κ2) is 5.57. The monoisotopic (exact) mass is 282 g/mol. The first-order valence-corrected chi connectivity index (χ1v) is 6.60. The molecule has 102 valence electrons. The van der Waals surface area contributed by atoms with Crippen LogP contribution in [0.3, 0.4) is 0 Å². The Morgan fingerprint density at radius 1 is 1.47 bits per heavy atom. The summed E-state index contributed by atoms with van der Waals surface area (Å²) in [6.45, 7) is 2.16. The third-order valence-corrected chi connectivity index (χ3v) is 3.74. The van der Waals surface area contributed by atoms with E-state index in [1.165, 1.54) is 18.2 Å². The molecule has 1 aliphatic rings. The number of amides is 1. The summed E-state index contributed by atoms with van der Waals surface area (Å²) in [5, 5.41) is 13.6. The number of halogens is 1. The van der Waals surface area contributed by atoms with Gasteiger partial charge in [0, 0.05) is 17.7 Å². The fraction of sp³-hybridized carbons (Fsp3) is 0.462. The highest BCUT2D eigenvalue weighted by molar-refractivity contribution is 6.33. The summed E-state index contributed by atoms with van der Waals surface area (Å²) in [6, 6.07) is 4.22. The highest BCUT2D eigenvalue weighted by atomic mass is 35.5. The van der Waals surface area contributed by atoms with Crippen LogP contribution in [0.1, 0.15) is 36.5 Å². The van der Waals surface area contributed by atoms with Crippen molar-refractivity contribution in [2.75, 3.05) is 0 Å². The third-order valence-electron chi connectivity index (χ3n) is 3.44. The normalized spacial score (nSPS) is 22.2. The van der Waals surface area contributed by atoms with Gasteiger partial charge in [-0.2, -0.15) is 0 Å². The fourth-order valence-corrected chi connectivity index (χ4v) is 2.65. The van der Waals surface area contributed by atoms with Crippen LogP contribution in [0.4, 0.5) is 5.69 Å². The predicted molar refractivity (Wildman–Crippen MR) is 72.4 cm³/mol. The number of benzene rings is 1. The van der Waals surface area contributed by atoms with Crippen molar-refractivity contribution in [1.82, 2.24) is 5.32 Å². The van der Waals surface area contributed by atoms with E-state index in [0.29, 0.717) is 11.5 Å². The number of hydrogen-bond acceptors (Lipinski definition) is 3. The Labute approximate surface area is 116 Å². The van der Waals surface area contributed by atoms with Crippen LogP contribution in [0.2, 0.25) is 5.02 Å². The van der Waals surface area contributed by atoms with Crippen LogP contribution in [0, 0.1) is 16.0 Å². The van der Waals surface area contributed by atoms with Gasteiger partial charge in [-0.15, -0.1) is 0 Å². The van der Waals surface area contributed by atoms with E-state index in [-0.39, 0.29) is 22.7 Å². The second-order valence-corrected chi connectivity index (χ2v) is 5.42. The minimum Gasteiger partial charge on any atom is -0.349 e. The number of rotatable bonds is 3. The van der Waals surface area contributed by atoms with Gasteiger partial charge in [0.15, 0.2) is 0 Å². The summed E-state index contributed by atoms with van der Waals surface area (Å²) in [4.78, 5) is 22.1. The molecule has 2 atom stereocenters. The Morgan fingerprint density at radius 3 is 2.74 bits per heavy atom. The van der Waals surface area contributed by atoms with Crippen LogP contribution < -0.4 is 5.32 Å². The number of nitro groups is 1. The predicted octanol–water partition coefficient (Wildman–Crippen LogP) is 3.17. The SMILES string of the molecule is CC1CCC(NC(=O)c2ccc([N+](=O)[O-])c(Cl)c2)C1. The Morgan fingerprint density at radius 2 is 2.21 bits per heavy atom. The molecule has 2 unspecified atom stereocenters. The minimum atomic E-state index is -0.567. The molecule has 2 rings (SSSR count). The lowest BCUT2D eigenvalue weighted by atomic mass is 10.1. The van der Waals surface area contributed by atoms with E-state index in [9.17, 15) is 14.9 Å². The van der Waals surface area contributed by atoms with Crippen molar-refractivity contribution in [3.63, 3.8) is 0 Å². The minimum absolute atomic E-state index is 0.0163. The van der Waals surface area contributed by atoms with Gasteiger partial charge in [0.1, 0.15) is 5.02 Å². The number of nitrogens with one attached hydrogen (secondary N) is 1. The fourth-order valence-electron chi connectivity index (χ4n) is 2.40.